The van der Waals surface area contributed by atoms with Gasteiger partial charge in [0.15, 0.2) is 11.3 Å². The summed E-state index contributed by atoms with van der Waals surface area (Å²) in [7, 11) is 0. The van der Waals surface area contributed by atoms with E-state index in [-0.39, 0.29) is 24.8 Å². The summed E-state index contributed by atoms with van der Waals surface area (Å²) < 4.78 is 30.7. The van der Waals surface area contributed by atoms with Gasteiger partial charge in [-0.1, -0.05) is 26.7 Å². The number of carbonyl (C=O) groups excluding carboxylic acids is 1. The van der Waals surface area contributed by atoms with Crippen LogP contribution in [0.1, 0.15) is 95.2 Å². The lowest BCUT2D eigenvalue weighted by atomic mass is 9.80. The molecule has 0 spiro atoms. The van der Waals surface area contributed by atoms with Crippen LogP contribution in [0.3, 0.4) is 0 Å². The lowest BCUT2D eigenvalue weighted by Crippen LogP contribution is -2.36. The summed E-state index contributed by atoms with van der Waals surface area (Å²) in [6.45, 7) is 4.43. The maximum absolute atomic E-state index is 13.8. The number of anilines is 2. The molecule has 2 saturated carbocycles. The number of nitrogens with one attached hydrogen (secondary N) is 2. The Morgan fingerprint density at radius 3 is 2.62 bits per heavy atom. The Bertz CT molecular complexity index is 1240. The lowest BCUT2D eigenvalue weighted by Gasteiger charge is -2.30. The van der Waals surface area contributed by atoms with Crippen molar-refractivity contribution < 1.29 is 20.1 Å². The van der Waals surface area contributed by atoms with Crippen LogP contribution in [0.5, 0.6) is 0 Å². The van der Waals surface area contributed by atoms with Crippen molar-refractivity contribution in [3.63, 3.8) is 0 Å². The zero-order valence-electron chi connectivity index (χ0n) is 21.3. The first kappa shape index (κ1) is 25.6. The number of aliphatic hydroxyl groups excluding tert-OH is 1. The Morgan fingerprint density at radius 1 is 1.16 bits per heavy atom. The summed E-state index contributed by atoms with van der Waals surface area (Å²) in [5.41, 5.74) is 0.0337. The highest BCUT2D eigenvalue weighted by atomic mass is 19.3. The van der Waals surface area contributed by atoms with Crippen LogP contribution in [0.4, 0.5) is 20.3 Å². The highest BCUT2D eigenvalue weighted by molar-refractivity contribution is 6.08. The smallest absolute Gasteiger partial charge is 0.284 e. The minimum absolute atomic E-state index is 0. The van der Waals surface area contributed by atoms with Crippen molar-refractivity contribution in [2.75, 3.05) is 10.6 Å². The van der Waals surface area contributed by atoms with Gasteiger partial charge in [-0.25, -0.2) is 18.3 Å². The van der Waals surface area contributed by atoms with E-state index in [9.17, 15) is 18.7 Å². The third-order valence-electron chi connectivity index (χ3n) is 7.95. The second-order valence-corrected chi connectivity index (χ2v) is 10.7. The van der Waals surface area contributed by atoms with E-state index >= 15 is 0 Å². The fourth-order valence-corrected chi connectivity index (χ4v) is 5.65. The molecule has 0 saturated heterocycles. The number of fused-ring (bicyclic) bond motifs is 1. The van der Waals surface area contributed by atoms with Crippen molar-refractivity contribution in [2.45, 2.75) is 89.8 Å². The molecule has 202 valence electrons. The number of hydrogen-bond acceptors (Lipinski definition) is 6. The molecule has 2 atom stereocenters. The van der Waals surface area contributed by atoms with Gasteiger partial charge in [-0.2, -0.15) is 10.2 Å². The second-order valence-electron chi connectivity index (χ2n) is 10.7. The third-order valence-corrected chi connectivity index (χ3v) is 7.95. The normalized spacial score (nSPS) is 24.6. The Kier molecular flexibility index (Phi) is 7.41. The fraction of sp³-hybridized carbons (Fsp3) is 0.615. The van der Waals surface area contributed by atoms with Gasteiger partial charge in [0.2, 0.25) is 0 Å². The van der Waals surface area contributed by atoms with Gasteiger partial charge in [0, 0.05) is 13.8 Å². The van der Waals surface area contributed by atoms with Crippen LogP contribution in [0.15, 0.2) is 24.7 Å². The maximum Gasteiger partial charge on any atom is 0.284 e. The SMILES string of the molecule is CC(C)C1CCC(n2cc(NC(=O)c3cnn4ccc(N[C@@H]5CCCC[C@H]5O)nc34)c(C(F)F)n2)CC1.[HH]. The van der Waals surface area contributed by atoms with Gasteiger partial charge < -0.3 is 15.7 Å². The molecule has 0 bridgehead atoms. The van der Waals surface area contributed by atoms with E-state index in [2.05, 4.69) is 39.7 Å². The predicted octanol–water partition coefficient (Wildman–Crippen LogP) is 5.46. The molecule has 2 aliphatic rings. The topological polar surface area (TPSA) is 109 Å². The highest BCUT2D eigenvalue weighted by Gasteiger charge is 2.29. The van der Waals surface area contributed by atoms with Crippen LogP contribution in [0.25, 0.3) is 5.65 Å². The van der Waals surface area contributed by atoms with Gasteiger partial charge in [0.25, 0.3) is 12.3 Å². The van der Waals surface area contributed by atoms with Crippen molar-refractivity contribution in [1.82, 2.24) is 24.4 Å². The highest BCUT2D eigenvalue weighted by Crippen LogP contribution is 2.37. The summed E-state index contributed by atoms with van der Waals surface area (Å²) in [4.78, 5) is 17.7. The number of nitrogens with zero attached hydrogens (tertiary/aromatic N) is 5. The van der Waals surface area contributed by atoms with Crippen molar-refractivity contribution >= 4 is 23.1 Å². The van der Waals surface area contributed by atoms with Crippen LogP contribution in [-0.2, 0) is 0 Å². The second kappa shape index (κ2) is 10.7. The summed E-state index contributed by atoms with van der Waals surface area (Å²) in [5, 5.41) is 24.5. The van der Waals surface area contributed by atoms with Crippen LogP contribution in [0, 0.1) is 11.8 Å². The summed E-state index contributed by atoms with van der Waals surface area (Å²) in [6.07, 6.45) is 8.72. The van der Waals surface area contributed by atoms with E-state index in [4.69, 9.17) is 0 Å². The average molecular weight is 518 g/mol. The Balaban J connectivity index is 0.00000336. The van der Waals surface area contributed by atoms with Crippen molar-refractivity contribution in [1.29, 1.82) is 0 Å². The molecular weight excluding hydrogens is 480 g/mol. The summed E-state index contributed by atoms with van der Waals surface area (Å²) >= 11 is 0. The molecule has 3 aromatic rings. The number of alkyl halides is 2. The molecule has 0 radical (unpaired) electrons. The molecule has 3 aromatic heterocycles. The molecule has 0 aliphatic heterocycles. The van der Waals surface area contributed by atoms with E-state index in [0.29, 0.717) is 23.3 Å². The number of amides is 1. The maximum atomic E-state index is 13.8. The van der Waals surface area contributed by atoms with Gasteiger partial charge >= 0.3 is 0 Å². The first-order valence-electron chi connectivity index (χ1n) is 13.3. The van der Waals surface area contributed by atoms with Crippen molar-refractivity contribution in [3.05, 3.63) is 35.9 Å². The molecule has 1 amide bonds. The fourth-order valence-electron chi connectivity index (χ4n) is 5.65. The Hall–Kier alpha value is -3.08. The number of rotatable bonds is 7. The predicted molar refractivity (Wildman–Crippen MR) is 138 cm³/mol. The number of hydrogen-bond donors (Lipinski definition) is 3. The van der Waals surface area contributed by atoms with Crippen LogP contribution in [0.2, 0.25) is 0 Å². The van der Waals surface area contributed by atoms with Crippen LogP contribution < -0.4 is 10.6 Å². The largest absolute Gasteiger partial charge is 0.391 e. The standard InChI is InChI=1S/C26H35F2N7O2.H2/c1-15(2)16-7-9-17(10-8-16)35-14-20(23(33-35)24(27)28)31-26(37)18-13-29-34-12-11-22(32-25(18)34)30-19-5-3-4-6-21(19)36;/h11-17,19,21,24,36H,3-10H2,1-2H3,(H,30,32)(H,31,37);1H/t16?,17?,19-,21-;/m1./s1. The van der Waals surface area contributed by atoms with E-state index in [0.717, 1.165) is 51.4 Å². The number of aliphatic hydroxyl groups is 1. The Morgan fingerprint density at radius 2 is 1.92 bits per heavy atom. The van der Waals surface area contributed by atoms with E-state index in [1.807, 2.05) is 0 Å². The molecule has 3 N–H and O–H groups in total. The minimum Gasteiger partial charge on any atom is -0.391 e. The van der Waals surface area contributed by atoms with Gasteiger partial charge in [-0.3, -0.25) is 9.48 Å². The number of carbonyl (C=O) groups is 1. The number of halogens is 2. The molecule has 9 nitrogen and oxygen atoms in total. The molecule has 2 aliphatic carbocycles. The first-order chi connectivity index (χ1) is 17.8. The average Bonchev–Trinajstić information content (AvgIpc) is 3.50. The van der Waals surface area contributed by atoms with Crippen LogP contribution >= 0.6 is 0 Å². The zero-order valence-corrected chi connectivity index (χ0v) is 21.3. The van der Waals surface area contributed by atoms with E-state index in [1.165, 1.54) is 16.9 Å². The Labute approximate surface area is 216 Å². The van der Waals surface area contributed by atoms with Gasteiger partial charge in [-0.15, -0.1) is 0 Å². The van der Waals surface area contributed by atoms with Crippen molar-refractivity contribution in [3.8, 4) is 0 Å². The zero-order chi connectivity index (χ0) is 26.1. The van der Waals surface area contributed by atoms with Crippen molar-refractivity contribution in [2.24, 2.45) is 11.8 Å². The minimum atomic E-state index is -2.82. The first-order valence-corrected chi connectivity index (χ1v) is 13.3. The lowest BCUT2D eigenvalue weighted by molar-refractivity contribution is 0.102. The molecule has 0 aromatic carbocycles. The van der Waals surface area contributed by atoms with Gasteiger partial charge in [0.1, 0.15) is 11.4 Å². The van der Waals surface area contributed by atoms with E-state index < -0.39 is 24.1 Å². The van der Waals surface area contributed by atoms with Crippen LogP contribution in [-0.4, -0.2) is 47.5 Å². The molecular formula is C26H37F2N7O2. The van der Waals surface area contributed by atoms with Gasteiger partial charge in [0.05, 0.1) is 30.1 Å². The number of aromatic nitrogens is 5. The molecule has 11 heteroatoms. The monoisotopic (exact) mass is 517 g/mol. The molecule has 3 heterocycles. The molecule has 5 rings (SSSR count). The summed E-state index contributed by atoms with van der Waals surface area (Å²) in [6, 6.07) is 1.66. The molecule has 2 fully saturated rings. The molecule has 0 unspecified atom stereocenters. The molecule has 37 heavy (non-hydrogen) atoms. The van der Waals surface area contributed by atoms with E-state index in [1.54, 1.807) is 16.9 Å². The summed E-state index contributed by atoms with van der Waals surface area (Å²) in [5.74, 6) is 1.19. The third kappa shape index (κ3) is 5.46. The quantitative estimate of drug-likeness (QED) is 0.384. The van der Waals surface area contributed by atoms with Gasteiger partial charge in [-0.05, 0) is 56.4 Å².